The number of carbonyl (C=O) groups is 1. The van der Waals surface area contributed by atoms with Crippen molar-refractivity contribution in [3.8, 4) is 0 Å². The summed E-state index contributed by atoms with van der Waals surface area (Å²) in [5.41, 5.74) is 1.67. The summed E-state index contributed by atoms with van der Waals surface area (Å²) in [5, 5.41) is 2.92. The number of amides is 1. The largest absolute Gasteiger partial charge is 0.385 e. The predicted molar refractivity (Wildman–Crippen MR) is 69.4 cm³/mol. The van der Waals surface area contributed by atoms with Gasteiger partial charge in [-0.15, -0.1) is 11.6 Å². The van der Waals surface area contributed by atoms with E-state index in [0.29, 0.717) is 18.1 Å². The molecule has 0 aromatic heterocycles. The van der Waals surface area contributed by atoms with E-state index in [9.17, 15) is 4.79 Å². The van der Waals surface area contributed by atoms with E-state index in [2.05, 4.69) is 5.32 Å². The van der Waals surface area contributed by atoms with Crippen LogP contribution in [0.4, 0.5) is 0 Å². The number of ether oxygens (including phenoxy) is 1. The van der Waals surface area contributed by atoms with Crippen LogP contribution >= 0.6 is 11.6 Å². The van der Waals surface area contributed by atoms with Crippen LogP contribution in [-0.4, -0.2) is 25.7 Å². The van der Waals surface area contributed by atoms with Gasteiger partial charge in [0.05, 0.1) is 0 Å². The minimum absolute atomic E-state index is 0.0604. The first-order valence-electron chi connectivity index (χ1n) is 5.62. The summed E-state index contributed by atoms with van der Waals surface area (Å²) in [6, 6.07) is 7.41. The molecule has 0 bridgehead atoms. The Morgan fingerprint density at radius 2 is 2.06 bits per heavy atom. The number of nitrogens with one attached hydrogen (secondary N) is 1. The lowest BCUT2D eigenvalue weighted by Crippen LogP contribution is -2.33. The van der Waals surface area contributed by atoms with Crippen molar-refractivity contribution < 1.29 is 9.53 Å². The third-order valence-electron chi connectivity index (χ3n) is 2.50. The van der Waals surface area contributed by atoms with Gasteiger partial charge in [-0.2, -0.15) is 0 Å². The van der Waals surface area contributed by atoms with Crippen LogP contribution in [-0.2, 0) is 10.6 Å². The Kier molecular flexibility index (Phi) is 6.01. The van der Waals surface area contributed by atoms with E-state index in [1.54, 1.807) is 19.2 Å². The normalized spacial score (nSPS) is 12.2. The molecule has 17 heavy (non-hydrogen) atoms. The van der Waals surface area contributed by atoms with Gasteiger partial charge in [0.25, 0.3) is 5.91 Å². The van der Waals surface area contributed by atoms with Crippen LogP contribution in [0.1, 0.15) is 29.3 Å². The van der Waals surface area contributed by atoms with Crippen molar-refractivity contribution in [2.45, 2.75) is 25.3 Å². The van der Waals surface area contributed by atoms with Gasteiger partial charge in [-0.3, -0.25) is 4.79 Å². The molecule has 0 radical (unpaired) electrons. The van der Waals surface area contributed by atoms with E-state index in [-0.39, 0.29) is 11.9 Å². The fourth-order valence-electron chi connectivity index (χ4n) is 1.42. The maximum absolute atomic E-state index is 11.8. The van der Waals surface area contributed by atoms with E-state index >= 15 is 0 Å². The molecule has 0 spiro atoms. The fraction of sp³-hybridized carbons (Fsp3) is 0.462. The van der Waals surface area contributed by atoms with Crippen LogP contribution in [0.2, 0.25) is 0 Å². The van der Waals surface area contributed by atoms with E-state index in [1.807, 2.05) is 19.1 Å². The molecule has 94 valence electrons. The Morgan fingerprint density at radius 3 is 2.59 bits per heavy atom. The summed E-state index contributed by atoms with van der Waals surface area (Å²) >= 11 is 5.69. The number of carbonyl (C=O) groups excluding carboxylic acids is 1. The smallest absolute Gasteiger partial charge is 0.251 e. The van der Waals surface area contributed by atoms with Crippen molar-refractivity contribution in [2.24, 2.45) is 0 Å². The molecule has 1 atom stereocenters. The van der Waals surface area contributed by atoms with Crippen molar-refractivity contribution in [1.29, 1.82) is 0 Å². The van der Waals surface area contributed by atoms with Gasteiger partial charge < -0.3 is 10.1 Å². The highest BCUT2D eigenvalue weighted by atomic mass is 35.5. The molecule has 0 fully saturated rings. The Bertz CT molecular complexity index is 351. The van der Waals surface area contributed by atoms with Gasteiger partial charge in [0, 0.05) is 31.2 Å². The number of hydrogen-bond donors (Lipinski definition) is 1. The summed E-state index contributed by atoms with van der Waals surface area (Å²) in [6.07, 6.45) is 0.808. The molecule has 1 aromatic carbocycles. The molecule has 3 nitrogen and oxygen atoms in total. The molecular formula is C13H18ClNO2. The second-order valence-corrected chi connectivity index (χ2v) is 4.25. The Morgan fingerprint density at radius 1 is 1.41 bits per heavy atom. The molecule has 0 aliphatic rings. The summed E-state index contributed by atoms with van der Waals surface area (Å²) in [6.45, 7) is 2.61. The van der Waals surface area contributed by atoms with Gasteiger partial charge >= 0.3 is 0 Å². The van der Waals surface area contributed by atoms with E-state index < -0.39 is 0 Å². The number of hydrogen-bond acceptors (Lipinski definition) is 2. The first kappa shape index (κ1) is 14.0. The second-order valence-electron chi connectivity index (χ2n) is 3.99. The number of methoxy groups -OCH3 is 1. The van der Waals surface area contributed by atoms with E-state index in [4.69, 9.17) is 16.3 Å². The number of alkyl halides is 1. The van der Waals surface area contributed by atoms with Crippen molar-refractivity contribution in [1.82, 2.24) is 5.32 Å². The first-order valence-corrected chi connectivity index (χ1v) is 6.15. The summed E-state index contributed by atoms with van der Waals surface area (Å²) < 4.78 is 4.96. The molecule has 1 rings (SSSR count). The molecule has 1 N–H and O–H groups in total. The third-order valence-corrected chi connectivity index (χ3v) is 2.81. The van der Waals surface area contributed by atoms with Crippen molar-refractivity contribution >= 4 is 17.5 Å². The lowest BCUT2D eigenvalue weighted by Gasteiger charge is -2.13. The van der Waals surface area contributed by atoms with Crippen LogP contribution in [0.3, 0.4) is 0 Å². The van der Waals surface area contributed by atoms with Crippen LogP contribution < -0.4 is 5.32 Å². The molecule has 1 aromatic rings. The Labute approximate surface area is 107 Å². The first-order chi connectivity index (χ1) is 8.17. The summed E-state index contributed by atoms with van der Waals surface area (Å²) in [7, 11) is 1.65. The van der Waals surface area contributed by atoms with Gasteiger partial charge in [0.1, 0.15) is 0 Å². The zero-order chi connectivity index (χ0) is 12.7. The Balaban J connectivity index is 2.51. The zero-order valence-corrected chi connectivity index (χ0v) is 11.0. The van der Waals surface area contributed by atoms with Crippen LogP contribution in [0, 0.1) is 0 Å². The highest BCUT2D eigenvalue weighted by Crippen LogP contribution is 2.07. The molecule has 0 aliphatic heterocycles. The number of rotatable bonds is 6. The quantitative estimate of drug-likeness (QED) is 0.794. The molecule has 0 heterocycles. The van der Waals surface area contributed by atoms with Gasteiger partial charge in [-0.25, -0.2) is 0 Å². The standard InChI is InChI=1S/C13H18ClNO2/c1-10(7-8-17-2)15-13(16)12-5-3-11(9-14)4-6-12/h3-6,10H,7-9H2,1-2H3,(H,15,16). The minimum Gasteiger partial charge on any atom is -0.385 e. The van der Waals surface area contributed by atoms with Crippen molar-refractivity contribution in [3.63, 3.8) is 0 Å². The molecule has 4 heteroatoms. The van der Waals surface area contributed by atoms with E-state index in [1.165, 1.54) is 0 Å². The molecular weight excluding hydrogens is 238 g/mol. The second kappa shape index (κ2) is 7.30. The minimum atomic E-state index is -0.0604. The fourth-order valence-corrected chi connectivity index (χ4v) is 1.60. The molecule has 1 amide bonds. The van der Waals surface area contributed by atoms with Gasteiger partial charge in [-0.05, 0) is 31.0 Å². The van der Waals surface area contributed by atoms with Crippen LogP contribution in [0.25, 0.3) is 0 Å². The highest BCUT2D eigenvalue weighted by Gasteiger charge is 2.09. The van der Waals surface area contributed by atoms with Gasteiger partial charge in [-0.1, -0.05) is 12.1 Å². The average Bonchev–Trinajstić information content (AvgIpc) is 2.36. The van der Waals surface area contributed by atoms with Crippen LogP contribution in [0.5, 0.6) is 0 Å². The zero-order valence-electron chi connectivity index (χ0n) is 10.2. The van der Waals surface area contributed by atoms with Gasteiger partial charge in [0.15, 0.2) is 0 Å². The highest BCUT2D eigenvalue weighted by molar-refractivity contribution is 6.17. The lowest BCUT2D eigenvalue weighted by molar-refractivity contribution is 0.0929. The predicted octanol–water partition coefficient (Wildman–Crippen LogP) is 2.58. The number of halogens is 1. The molecule has 0 saturated carbocycles. The monoisotopic (exact) mass is 255 g/mol. The summed E-state index contributed by atoms with van der Waals surface area (Å²) in [5.74, 6) is 0.404. The SMILES string of the molecule is COCCC(C)NC(=O)c1ccc(CCl)cc1. The Hall–Kier alpha value is -1.06. The average molecular weight is 256 g/mol. The third kappa shape index (κ3) is 4.75. The van der Waals surface area contributed by atoms with Crippen molar-refractivity contribution in [2.75, 3.05) is 13.7 Å². The topological polar surface area (TPSA) is 38.3 Å². The molecule has 1 unspecified atom stereocenters. The van der Waals surface area contributed by atoms with Gasteiger partial charge in [0.2, 0.25) is 0 Å². The summed E-state index contributed by atoms with van der Waals surface area (Å²) in [4.78, 5) is 11.8. The molecule has 0 aliphatic carbocycles. The molecule has 0 saturated heterocycles. The maximum atomic E-state index is 11.8. The van der Waals surface area contributed by atoms with E-state index in [0.717, 1.165) is 12.0 Å². The van der Waals surface area contributed by atoms with Crippen molar-refractivity contribution in [3.05, 3.63) is 35.4 Å². The lowest BCUT2D eigenvalue weighted by atomic mass is 10.1. The van der Waals surface area contributed by atoms with Crippen LogP contribution in [0.15, 0.2) is 24.3 Å². The number of benzene rings is 1. The maximum Gasteiger partial charge on any atom is 0.251 e.